The van der Waals surface area contributed by atoms with Crippen LogP contribution in [0.15, 0.2) is 10.9 Å². The van der Waals surface area contributed by atoms with Crippen molar-refractivity contribution in [1.82, 2.24) is 15.6 Å². The van der Waals surface area contributed by atoms with Crippen molar-refractivity contribution < 1.29 is 4.74 Å². The van der Waals surface area contributed by atoms with Crippen LogP contribution >= 0.6 is 11.3 Å². The Hall–Kier alpha value is -0.490. The molecule has 0 radical (unpaired) electrons. The lowest BCUT2D eigenvalue weighted by molar-refractivity contribution is 0.0349. The fourth-order valence-electron chi connectivity index (χ4n) is 1.96. The summed E-state index contributed by atoms with van der Waals surface area (Å²) >= 11 is 1.66. The molecule has 4 nitrogen and oxygen atoms in total. The molecule has 96 valence electrons. The molecule has 1 aliphatic heterocycles. The molecule has 0 atom stereocenters. The Morgan fingerprint density at radius 2 is 2.29 bits per heavy atom. The third kappa shape index (κ3) is 5.12. The first-order valence-corrected chi connectivity index (χ1v) is 7.29. The van der Waals surface area contributed by atoms with E-state index in [1.165, 1.54) is 5.69 Å². The second-order valence-electron chi connectivity index (χ2n) is 4.30. The van der Waals surface area contributed by atoms with E-state index in [2.05, 4.69) is 21.0 Å². The Labute approximate surface area is 107 Å². The monoisotopic (exact) mass is 255 g/mol. The van der Waals surface area contributed by atoms with Crippen LogP contribution in [0.25, 0.3) is 0 Å². The Morgan fingerprint density at radius 3 is 3.06 bits per heavy atom. The van der Waals surface area contributed by atoms with Gasteiger partial charge < -0.3 is 15.4 Å². The number of hydrogen-bond donors (Lipinski definition) is 2. The van der Waals surface area contributed by atoms with Gasteiger partial charge in [-0.3, -0.25) is 0 Å². The van der Waals surface area contributed by atoms with Gasteiger partial charge in [-0.2, -0.15) is 0 Å². The summed E-state index contributed by atoms with van der Waals surface area (Å²) in [6, 6.07) is 0. The van der Waals surface area contributed by atoms with Crippen LogP contribution < -0.4 is 10.6 Å². The molecule has 0 unspecified atom stereocenters. The quantitative estimate of drug-likeness (QED) is 0.715. The number of thiazole rings is 1. The Bertz CT molecular complexity index is 286. The van der Waals surface area contributed by atoms with E-state index in [-0.39, 0.29) is 0 Å². The van der Waals surface area contributed by atoms with Crippen molar-refractivity contribution in [2.45, 2.75) is 25.4 Å². The van der Waals surface area contributed by atoms with Crippen molar-refractivity contribution in [3.63, 3.8) is 0 Å². The van der Waals surface area contributed by atoms with Crippen LogP contribution in [0.4, 0.5) is 0 Å². The fourth-order valence-corrected chi connectivity index (χ4v) is 2.56. The van der Waals surface area contributed by atoms with Gasteiger partial charge in [-0.25, -0.2) is 4.98 Å². The van der Waals surface area contributed by atoms with Gasteiger partial charge in [0.25, 0.3) is 0 Å². The number of aromatic nitrogens is 1. The molecule has 1 fully saturated rings. The summed E-state index contributed by atoms with van der Waals surface area (Å²) in [6.45, 7) is 4.94. The molecule has 0 aliphatic carbocycles. The molecular formula is C12H21N3OS. The molecule has 0 amide bonds. The van der Waals surface area contributed by atoms with Crippen LogP contribution in [0.5, 0.6) is 0 Å². The van der Waals surface area contributed by atoms with Gasteiger partial charge in [0.1, 0.15) is 0 Å². The minimum Gasteiger partial charge on any atom is -0.377 e. The molecule has 1 aliphatic rings. The number of hydrogen-bond acceptors (Lipinski definition) is 5. The summed E-state index contributed by atoms with van der Waals surface area (Å²) < 4.78 is 5.80. The van der Waals surface area contributed by atoms with Crippen LogP contribution in [0, 0.1) is 0 Å². The number of ether oxygens (including phenoxy) is 1. The fraction of sp³-hybridized carbons (Fsp3) is 0.750. The molecule has 0 bridgehead atoms. The first-order valence-electron chi connectivity index (χ1n) is 6.35. The van der Waals surface area contributed by atoms with Crippen molar-refractivity contribution in [3.05, 3.63) is 16.6 Å². The van der Waals surface area contributed by atoms with Crippen molar-refractivity contribution in [2.24, 2.45) is 0 Å². The second-order valence-corrected chi connectivity index (χ2v) is 5.02. The standard InChI is InChI=1S/C12H21N3OS/c1(11-9-17-10-15-11)4-14-7-8-16-12-2-5-13-6-3-12/h9-10,12-14H,1-8H2. The van der Waals surface area contributed by atoms with Crippen LogP contribution in [0.2, 0.25) is 0 Å². The number of piperidine rings is 1. The highest BCUT2D eigenvalue weighted by atomic mass is 32.1. The molecule has 5 heteroatoms. The molecule has 1 aromatic rings. The molecule has 1 aromatic heterocycles. The lowest BCUT2D eigenvalue weighted by Gasteiger charge is -2.22. The molecule has 0 spiro atoms. The van der Waals surface area contributed by atoms with Gasteiger partial charge in [-0.1, -0.05) is 0 Å². The molecule has 2 N–H and O–H groups in total. The normalized spacial score (nSPS) is 17.4. The maximum atomic E-state index is 5.80. The van der Waals surface area contributed by atoms with E-state index in [9.17, 15) is 0 Å². The summed E-state index contributed by atoms with van der Waals surface area (Å²) in [5.74, 6) is 0. The predicted octanol–water partition coefficient (Wildman–Crippen LogP) is 1.04. The maximum absolute atomic E-state index is 5.80. The molecular weight excluding hydrogens is 234 g/mol. The number of nitrogens with zero attached hydrogens (tertiary/aromatic N) is 1. The third-order valence-corrected chi connectivity index (χ3v) is 3.60. The van der Waals surface area contributed by atoms with Gasteiger partial charge in [0.15, 0.2) is 0 Å². The van der Waals surface area contributed by atoms with E-state index in [1.807, 2.05) is 5.51 Å². The largest absolute Gasteiger partial charge is 0.377 e. The van der Waals surface area contributed by atoms with E-state index in [0.29, 0.717) is 6.10 Å². The van der Waals surface area contributed by atoms with E-state index < -0.39 is 0 Å². The van der Waals surface area contributed by atoms with Gasteiger partial charge in [-0.15, -0.1) is 11.3 Å². The van der Waals surface area contributed by atoms with E-state index in [1.54, 1.807) is 11.3 Å². The molecule has 17 heavy (non-hydrogen) atoms. The highest BCUT2D eigenvalue weighted by molar-refractivity contribution is 7.07. The minimum absolute atomic E-state index is 0.469. The molecule has 1 saturated heterocycles. The number of nitrogens with one attached hydrogen (secondary N) is 2. The van der Waals surface area contributed by atoms with Gasteiger partial charge in [0.2, 0.25) is 0 Å². The zero-order valence-electron chi connectivity index (χ0n) is 10.2. The van der Waals surface area contributed by atoms with E-state index >= 15 is 0 Å². The van der Waals surface area contributed by atoms with Crippen LogP contribution in [-0.4, -0.2) is 43.9 Å². The summed E-state index contributed by atoms with van der Waals surface area (Å²) in [5.41, 5.74) is 3.07. The number of rotatable bonds is 7. The lowest BCUT2D eigenvalue weighted by Crippen LogP contribution is -2.34. The van der Waals surface area contributed by atoms with Crippen molar-refractivity contribution >= 4 is 11.3 Å². The van der Waals surface area contributed by atoms with Crippen molar-refractivity contribution in [2.75, 3.05) is 32.8 Å². The van der Waals surface area contributed by atoms with Crippen molar-refractivity contribution in [1.29, 1.82) is 0 Å². The second kappa shape index (κ2) is 7.76. The zero-order chi connectivity index (χ0) is 11.8. The Kier molecular flexibility index (Phi) is 5.92. The predicted molar refractivity (Wildman–Crippen MR) is 70.5 cm³/mol. The third-order valence-electron chi connectivity index (χ3n) is 2.96. The zero-order valence-corrected chi connectivity index (χ0v) is 11.0. The average molecular weight is 255 g/mol. The topological polar surface area (TPSA) is 46.2 Å². The first kappa shape index (κ1) is 13.0. The Balaban J connectivity index is 1.43. The van der Waals surface area contributed by atoms with E-state index in [0.717, 1.165) is 52.0 Å². The summed E-state index contributed by atoms with van der Waals surface area (Å²) in [6.07, 6.45) is 3.78. The summed E-state index contributed by atoms with van der Waals surface area (Å²) in [5, 5.41) is 8.83. The SMILES string of the molecule is c1nc(CCNCCOC2CCNCC2)cs1. The highest BCUT2D eigenvalue weighted by Crippen LogP contribution is 2.06. The van der Waals surface area contributed by atoms with Crippen molar-refractivity contribution in [3.8, 4) is 0 Å². The lowest BCUT2D eigenvalue weighted by atomic mass is 10.1. The van der Waals surface area contributed by atoms with Crippen LogP contribution in [0.3, 0.4) is 0 Å². The highest BCUT2D eigenvalue weighted by Gasteiger charge is 2.12. The van der Waals surface area contributed by atoms with E-state index in [4.69, 9.17) is 4.74 Å². The smallest absolute Gasteiger partial charge is 0.0794 e. The maximum Gasteiger partial charge on any atom is 0.0794 e. The minimum atomic E-state index is 0.469. The summed E-state index contributed by atoms with van der Waals surface area (Å²) in [4.78, 5) is 4.25. The molecule has 0 aromatic carbocycles. The van der Waals surface area contributed by atoms with Gasteiger partial charge >= 0.3 is 0 Å². The summed E-state index contributed by atoms with van der Waals surface area (Å²) in [7, 11) is 0. The first-order chi connectivity index (χ1) is 8.45. The average Bonchev–Trinajstić information content (AvgIpc) is 2.88. The Morgan fingerprint density at radius 1 is 1.41 bits per heavy atom. The molecule has 2 heterocycles. The van der Waals surface area contributed by atoms with Crippen LogP contribution in [-0.2, 0) is 11.2 Å². The van der Waals surface area contributed by atoms with Crippen LogP contribution in [0.1, 0.15) is 18.5 Å². The van der Waals surface area contributed by atoms with Gasteiger partial charge in [0, 0.05) is 24.9 Å². The molecule has 2 rings (SSSR count). The molecule has 0 saturated carbocycles. The van der Waals surface area contributed by atoms with Gasteiger partial charge in [-0.05, 0) is 25.9 Å². The van der Waals surface area contributed by atoms with Gasteiger partial charge in [0.05, 0.1) is 23.9 Å².